The molecule has 5 heteroatoms. The van der Waals surface area contributed by atoms with E-state index >= 15 is 0 Å². The molecule has 0 bridgehead atoms. The average Bonchev–Trinajstić information content (AvgIpc) is 3.88. The first-order valence-electron chi connectivity index (χ1n) is 21.0. The van der Waals surface area contributed by atoms with Gasteiger partial charge in [-0.2, -0.15) is 9.97 Å². The molecule has 9 aromatic carbocycles. The van der Waals surface area contributed by atoms with Gasteiger partial charge in [0, 0.05) is 38.2 Å². The summed E-state index contributed by atoms with van der Waals surface area (Å²) < 4.78 is 4.74. The Kier molecular flexibility index (Phi) is 8.42. The molecule has 0 spiro atoms. The molecule has 0 aliphatic rings. The second kappa shape index (κ2) is 14.7. The van der Waals surface area contributed by atoms with Crippen LogP contribution in [0.2, 0.25) is 0 Å². The Morgan fingerprint density at radius 2 is 0.758 bits per heavy atom. The van der Waals surface area contributed by atoms with Crippen LogP contribution < -0.4 is 0 Å². The maximum absolute atomic E-state index is 5.42. The number of fused-ring (bicyclic) bond motifs is 7. The lowest BCUT2D eigenvalue weighted by Gasteiger charge is -2.19. The van der Waals surface area contributed by atoms with Crippen LogP contribution in [-0.4, -0.2) is 24.1 Å². The molecule has 0 atom stereocenters. The average molecular weight is 792 g/mol. The minimum atomic E-state index is 0.552. The lowest BCUT2D eigenvalue weighted by atomic mass is 9.93. The molecular weight excluding hydrogens is 755 g/mol. The van der Waals surface area contributed by atoms with E-state index in [4.69, 9.17) is 15.0 Å². The Labute approximate surface area is 358 Å². The summed E-state index contributed by atoms with van der Waals surface area (Å²) in [6.45, 7) is 0. The third-order valence-electron chi connectivity index (χ3n) is 12.0. The first-order chi connectivity index (χ1) is 30.8. The maximum Gasteiger partial charge on any atom is 0.238 e. The van der Waals surface area contributed by atoms with Gasteiger partial charge in [0.1, 0.15) is 0 Å². The summed E-state index contributed by atoms with van der Waals surface area (Å²) in [7, 11) is 0. The van der Waals surface area contributed by atoms with Crippen LogP contribution in [0.4, 0.5) is 0 Å². The molecule has 0 aliphatic carbocycles. The van der Waals surface area contributed by atoms with Gasteiger partial charge in [0.05, 0.1) is 27.8 Å². The molecule has 5 nitrogen and oxygen atoms in total. The molecule has 3 heterocycles. The van der Waals surface area contributed by atoms with Gasteiger partial charge in [0.2, 0.25) is 5.95 Å². The topological polar surface area (TPSA) is 48.5 Å². The third kappa shape index (κ3) is 5.82. The van der Waals surface area contributed by atoms with Gasteiger partial charge in [-0.15, -0.1) is 0 Å². The Hall–Kier alpha value is -8.41. The molecular formula is C57H37N5. The normalized spacial score (nSPS) is 11.5. The summed E-state index contributed by atoms with van der Waals surface area (Å²) in [5.74, 6) is 1.76. The lowest BCUT2D eigenvalue weighted by molar-refractivity contribution is 0.953. The predicted octanol–water partition coefficient (Wildman–Crippen LogP) is 14.4. The zero-order valence-electron chi connectivity index (χ0n) is 33.6. The van der Waals surface area contributed by atoms with Gasteiger partial charge in [0.15, 0.2) is 11.6 Å². The van der Waals surface area contributed by atoms with Crippen LogP contribution in [0.15, 0.2) is 224 Å². The van der Waals surface area contributed by atoms with Crippen molar-refractivity contribution < 1.29 is 0 Å². The molecule has 0 radical (unpaired) electrons. The highest BCUT2D eigenvalue weighted by Gasteiger charge is 2.25. The van der Waals surface area contributed by atoms with Crippen molar-refractivity contribution in [2.24, 2.45) is 0 Å². The second-order valence-electron chi connectivity index (χ2n) is 15.6. The summed E-state index contributed by atoms with van der Waals surface area (Å²) in [5.41, 5.74) is 14.0. The Balaban J connectivity index is 1.21. The Bertz CT molecular complexity index is 3610. The van der Waals surface area contributed by atoms with Gasteiger partial charge in [-0.05, 0) is 52.1 Å². The van der Waals surface area contributed by atoms with E-state index in [0.717, 1.165) is 82.9 Å². The summed E-state index contributed by atoms with van der Waals surface area (Å²) in [4.78, 5) is 16.0. The number of aromatic nitrogens is 5. The maximum atomic E-state index is 5.42. The third-order valence-corrected chi connectivity index (χ3v) is 12.0. The number of hydrogen-bond acceptors (Lipinski definition) is 3. The number of rotatable bonds is 7. The molecule has 3 aromatic heterocycles. The summed E-state index contributed by atoms with van der Waals surface area (Å²) in [6, 6.07) is 79.3. The molecule has 0 N–H and O–H groups in total. The Morgan fingerprint density at radius 1 is 0.290 bits per heavy atom. The van der Waals surface area contributed by atoms with E-state index in [2.05, 4.69) is 209 Å². The van der Waals surface area contributed by atoms with Crippen molar-refractivity contribution in [3.63, 3.8) is 0 Å². The monoisotopic (exact) mass is 791 g/mol. The molecule has 290 valence electrons. The number of benzene rings is 9. The van der Waals surface area contributed by atoms with E-state index in [1.54, 1.807) is 0 Å². The molecule has 0 saturated carbocycles. The van der Waals surface area contributed by atoms with Crippen molar-refractivity contribution in [2.75, 3.05) is 0 Å². The van der Waals surface area contributed by atoms with Gasteiger partial charge in [-0.3, -0.25) is 4.57 Å². The van der Waals surface area contributed by atoms with Crippen molar-refractivity contribution in [1.82, 2.24) is 24.1 Å². The zero-order valence-corrected chi connectivity index (χ0v) is 33.6. The highest BCUT2D eigenvalue weighted by Crippen LogP contribution is 2.45. The number of para-hydroxylation sites is 2. The standard InChI is InChI=1S/C57H37N5/c1-5-19-38(20-6-1)42-27-17-28-43(37-42)56-58-55(41-25-11-4-12-26-41)59-57(60-56)62-50-33-16-14-30-46(50)48-36-35-47-45-29-13-15-32-49(45)61(53(47)54(48)62)51-34-18-31-44(39-21-7-2-8-22-39)52(51)40-23-9-3-10-24-40/h1-37H. The fraction of sp³-hybridized carbons (Fsp3) is 0. The molecule has 62 heavy (non-hydrogen) atoms. The molecule has 0 fully saturated rings. The summed E-state index contributed by atoms with van der Waals surface area (Å²) >= 11 is 0. The van der Waals surface area contributed by atoms with Crippen LogP contribution in [0.5, 0.6) is 0 Å². The molecule has 0 saturated heterocycles. The molecule has 12 aromatic rings. The summed E-state index contributed by atoms with van der Waals surface area (Å²) in [6.07, 6.45) is 0. The smallest absolute Gasteiger partial charge is 0.238 e. The molecule has 0 aliphatic heterocycles. The van der Waals surface area contributed by atoms with Crippen molar-refractivity contribution >= 4 is 43.6 Å². The first-order valence-corrected chi connectivity index (χ1v) is 21.0. The minimum Gasteiger partial charge on any atom is -0.307 e. The minimum absolute atomic E-state index is 0.552. The van der Waals surface area contributed by atoms with Gasteiger partial charge in [-0.25, -0.2) is 4.98 Å². The van der Waals surface area contributed by atoms with Crippen molar-refractivity contribution in [2.45, 2.75) is 0 Å². The molecule has 12 rings (SSSR count). The quantitative estimate of drug-likeness (QED) is 0.162. The van der Waals surface area contributed by atoms with Crippen LogP contribution in [0.3, 0.4) is 0 Å². The van der Waals surface area contributed by atoms with Gasteiger partial charge in [0.25, 0.3) is 0 Å². The van der Waals surface area contributed by atoms with Crippen molar-refractivity contribution in [3.05, 3.63) is 224 Å². The number of hydrogen-bond donors (Lipinski definition) is 0. The SMILES string of the molecule is c1ccc(-c2cccc(-c3nc(-c4ccccc4)nc(-n4c5ccccc5c5ccc6c7ccccc7n(-c7cccc(-c8ccccc8)c7-c7ccccc7)c6c54)n3)c2)cc1. The van der Waals surface area contributed by atoms with E-state index in [1.165, 1.54) is 10.9 Å². The second-order valence-corrected chi connectivity index (χ2v) is 15.6. The van der Waals surface area contributed by atoms with E-state index in [0.29, 0.717) is 17.6 Å². The van der Waals surface area contributed by atoms with E-state index in [1.807, 2.05) is 24.3 Å². The van der Waals surface area contributed by atoms with Gasteiger partial charge >= 0.3 is 0 Å². The van der Waals surface area contributed by atoms with Crippen LogP contribution >= 0.6 is 0 Å². The first kappa shape index (κ1) is 35.5. The van der Waals surface area contributed by atoms with E-state index in [9.17, 15) is 0 Å². The molecule has 0 unspecified atom stereocenters. The van der Waals surface area contributed by atoms with Crippen molar-refractivity contribution in [1.29, 1.82) is 0 Å². The van der Waals surface area contributed by atoms with E-state index < -0.39 is 0 Å². The van der Waals surface area contributed by atoms with Crippen molar-refractivity contribution in [3.8, 4) is 67.8 Å². The van der Waals surface area contributed by atoms with Crippen LogP contribution in [0.25, 0.3) is 111 Å². The van der Waals surface area contributed by atoms with Gasteiger partial charge in [-0.1, -0.05) is 200 Å². The fourth-order valence-corrected chi connectivity index (χ4v) is 9.23. The number of nitrogens with zero attached hydrogens (tertiary/aromatic N) is 5. The lowest BCUT2D eigenvalue weighted by Crippen LogP contribution is -2.07. The van der Waals surface area contributed by atoms with Crippen LogP contribution in [0, 0.1) is 0 Å². The zero-order chi connectivity index (χ0) is 41.0. The van der Waals surface area contributed by atoms with Crippen LogP contribution in [0.1, 0.15) is 0 Å². The predicted molar refractivity (Wildman–Crippen MR) is 256 cm³/mol. The van der Waals surface area contributed by atoms with Gasteiger partial charge < -0.3 is 4.57 Å². The Morgan fingerprint density at radius 3 is 1.40 bits per heavy atom. The highest BCUT2D eigenvalue weighted by molar-refractivity contribution is 6.24. The largest absolute Gasteiger partial charge is 0.307 e. The van der Waals surface area contributed by atoms with Crippen LogP contribution in [-0.2, 0) is 0 Å². The fourth-order valence-electron chi connectivity index (χ4n) is 9.23. The summed E-state index contributed by atoms with van der Waals surface area (Å²) in [5, 5.41) is 4.56. The molecule has 0 amide bonds. The highest BCUT2D eigenvalue weighted by atomic mass is 15.2. The van der Waals surface area contributed by atoms with E-state index in [-0.39, 0.29) is 0 Å².